The highest BCUT2D eigenvalue weighted by Gasteiger charge is 2.21. The summed E-state index contributed by atoms with van der Waals surface area (Å²) in [7, 11) is 1.76. The molecule has 2 aromatic carbocycles. The normalized spacial score (nSPS) is 13.2. The molecule has 10 nitrogen and oxygen atoms in total. The molecule has 1 aliphatic heterocycles. The lowest BCUT2D eigenvalue weighted by Crippen LogP contribution is -2.35. The van der Waals surface area contributed by atoms with Gasteiger partial charge in [0.25, 0.3) is 5.91 Å². The third-order valence-electron chi connectivity index (χ3n) is 7.11. The predicted octanol–water partition coefficient (Wildman–Crippen LogP) is 5.54. The van der Waals surface area contributed by atoms with Crippen LogP contribution >= 0.6 is 0 Å². The first-order chi connectivity index (χ1) is 20.0. The summed E-state index contributed by atoms with van der Waals surface area (Å²) in [6, 6.07) is 20.9. The van der Waals surface area contributed by atoms with Crippen LogP contribution in [0.1, 0.15) is 29.3 Å². The van der Waals surface area contributed by atoms with Crippen molar-refractivity contribution in [3.05, 3.63) is 96.3 Å². The van der Waals surface area contributed by atoms with Crippen LogP contribution in [0.5, 0.6) is 0 Å². The van der Waals surface area contributed by atoms with Gasteiger partial charge in [0.2, 0.25) is 5.95 Å². The summed E-state index contributed by atoms with van der Waals surface area (Å²) in [5.74, 6) is 0.325. The number of hydrogen-bond acceptors (Lipinski definition) is 7. The molecule has 1 aliphatic rings. The van der Waals surface area contributed by atoms with E-state index in [1.807, 2.05) is 66.9 Å². The molecule has 1 N–H and O–H groups in total. The second kappa shape index (κ2) is 11.1. The fourth-order valence-corrected chi connectivity index (χ4v) is 4.90. The Morgan fingerprint density at radius 3 is 2.71 bits per heavy atom. The molecule has 2 amide bonds. The molecule has 0 fully saturated rings. The smallest absolute Gasteiger partial charge is 0.410 e. The largest absolute Gasteiger partial charge is 0.450 e. The van der Waals surface area contributed by atoms with Crippen molar-refractivity contribution in [2.45, 2.75) is 13.3 Å². The molecule has 3 aromatic heterocycles. The third-order valence-corrected chi connectivity index (χ3v) is 7.11. The van der Waals surface area contributed by atoms with Crippen molar-refractivity contribution in [2.75, 3.05) is 37.0 Å². The van der Waals surface area contributed by atoms with Crippen LogP contribution in [-0.2, 0) is 4.74 Å². The molecule has 0 spiro atoms. The number of carbonyl (C=O) groups is 2. The second-order valence-electron chi connectivity index (χ2n) is 9.70. The van der Waals surface area contributed by atoms with Crippen molar-refractivity contribution < 1.29 is 14.3 Å². The Hall–Kier alpha value is -5.25. The van der Waals surface area contributed by atoms with Crippen molar-refractivity contribution in [2.24, 2.45) is 0 Å². The summed E-state index contributed by atoms with van der Waals surface area (Å²) in [5, 5.41) is 8.85. The van der Waals surface area contributed by atoms with Crippen LogP contribution in [0.4, 0.5) is 22.1 Å². The van der Waals surface area contributed by atoms with E-state index < -0.39 is 0 Å². The first kappa shape index (κ1) is 26.0. The Balaban J connectivity index is 1.16. The van der Waals surface area contributed by atoms with Crippen LogP contribution in [0.3, 0.4) is 0 Å². The summed E-state index contributed by atoms with van der Waals surface area (Å²) in [6.45, 7) is 3.24. The highest BCUT2D eigenvalue weighted by molar-refractivity contribution is 6.06. The van der Waals surface area contributed by atoms with Crippen molar-refractivity contribution >= 4 is 51.4 Å². The maximum absolute atomic E-state index is 13.2. The summed E-state index contributed by atoms with van der Waals surface area (Å²) < 4.78 is 6.86. The number of nitrogens with zero attached hydrogens (tertiary/aromatic N) is 6. The van der Waals surface area contributed by atoms with Crippen LogP contribution in [0.2, 0.25) is 0 Å². The van der Waals surface area contributed by atoms with Crippen molar-refractivity contribution in [1.29, 1.82) is 0 Å². The van der Waals surface area contributed by atoms with Gasteiger partial charge in [0.15, 0.2) is 5.65 Å². The fourth-order valence-electron chi connectivity index (χ4n) is 4.90. The van der Waals surface area contributed by atoms with Gasteiger partial charge < -0.3 is 19.9 Å². The molecule has 6 rings (SSSR count). The zero-order valence-corrected chi connectivity index (χ0v) is 22.8. The van der Waals surface area contributed by atoms with E-state index in [0.29, 0.717) is 37.6 Å². The Kier molecular flexibility index (Phi) is 7.03. The highest BCUT2D eigenvalue weighted by atomic mass is 16.6. The molecule has 0 unspecified atom stereocenters. The van der Waals surface area contributed by atoms with Gasteiger partial charge in [-0.15, -0.1) is 5.10 Å². The van der Waals surface area contributed by atoms with Gasteiger partial charge in [-0.3, -0.25) is 9.78 Å². The summed E-state index contributed by atoms with van der Waals surface area (Å²) >= 11 is 0. The summed E-state index contributed by atoms with van der Waals surface area (Å²) in [5.41, 5.74) is 5.75. The quantitative estimate of drug-likeness (QED) is 0.297. The number of ether oxygens (including phenoxy) is 1. The summed E-state index contributed by atoms with van der Waals surface area (Å²) in [6.07, 6.45) is 6.05. The Morgan fingerprint density at radius 1 is 1.07 bits per heavy atom. The first-order valence-electron chi connectivity index (χ1n) is 13.5. The maximum atomic E-state index is 13.2. The van der Waals surface area contributed by atoms with Crippen LogP contribution in [0, 0.1) is 0 Å². The minimum Gasteiger partial charge on any atom is -0.450 e. The lowest BCUT2D eigenvalue weighted by atomic mass is 10.0. The van der Waals surface area contributed by atoms with E-state index in [0.717, 1.165) is 39.1 Å². The minimum absolute atomic E-state index is 0.121. The lowest BCUT2D eigenvalue weighted by Gasteiger charge is -2.25. The average Bonchev–Trinajstić information content (AvgIpc) is 3.43. The number of aromatic nitrogens is 4. The van der Waals surface area contributed by atoms with E-state index in [1.54, 1.807) is 46.6 Å². The van der Waals surface area contributed by atoms with Crippen molar-refractivity contribution in [3.8, 4) is 0 Å². The predicted molar refractivity (Wildman–Crippen MR) is 158 cm³/mol. The monoisotopic (exact) mass is 547 g/mol. The van der Waals surface area contributed by atoms with Gasteiger partial charge in [-0.05, 0) is 73.5 Å². The number of hydrogen-bond donors (Lipinski definition) is 1. The molecule has 0 radical (unpaired) electrons. The van der Waals surface area contributed by atoms with Gasteiger partial charge in [-0.2, -0.15) is 4.98 Å². The molecular weight excluding hydrogens is 518 g/mol. The maximum Gasteiger partial charge on any atom is 0.410 e. The number of rotatable bonds is 6. The van der Waals surface area contributed by atoms with Gasteiger partial charge in [-0.25, -0.2) is 9.31 Å². The zero-order valence-electron chi connectivity index (χ0n) is 22.8. The van der Waals surface area contributed by atoms with Gasteiger partial charge >= 0.3 is 6.09 Å². The molecule has 0 saturated heterocycles. The van der Waals surface area contributed by atoms with Gasteiger partial charge in [-0.1, -0.05) is 18.2 Å². The van der Waals surface area contributed by atoms with Gasteiger partial charge in [0.1, 0.15) is 0 Å². The van der Waals surface area contributed by atoms with Crippen LogP contribution in [-0.4, -0.2) is 63.2 Å². The van der Waals surface area contributed by atoms with Crippen LogP contribution < -0.4 is 10.2 Å². The molecule has 10 heteroatoms. The molecule has 0 saturated carbocycles. The van der Waals surface area contributed by atoms with E-state index in [2.05, 4.69) is 15.4 Å². The number of amides is 2. The number of carbonyl (C=O) groups excluding carboxylic acids is 2. The molecule has 41 heavy (non-hydrogen) atoms. The highest BCUT2D eigenvalue weighted by Crippen LogP contribution is 2.27. The Labute approximate surface area is 236 Å². The van der Waals surface area contributed by atoms with E-state index in [9.17, 15) is 9.59 Å². The zero-order chi connectivity index (χ0) is 28.3. The molecule has 0 aliphatic carbocycles. The third kappa shape index (κ3) is 5.31. The van der Waals surface area contributed by atoms with E-state index in [1.165, 1.54) is 0 Å². The number of fused-ring (bicyclic) bond motifs is 2. The topological polar surface area (TPSA) is 105 Å². The Bertz CT molecular complexity index is 1780. The summed E-state index contributed by atoms with van der Waals surface area (Å²) in [4.78, 5) is 37.6. The van der Waals surface area contributed by atoms with E-state index >= 15 is 0 Å². The van der Waals surface area contributed by atoms with Gasteiger partial charge in [0, 0.05) is 60.4 Å². The number of anilines is 3. The average molecular weight is 548 g/mol. The Morgan fingerprint density at radius 2 is 1.93 bits per heavy atom. The van der Waals surface area contributed by atoms with E-state index in [-0.39, 0.29) is 12.0 Å². The van der Waals surface area contributed by atoms with Crippen molar-refractivity contribution in [1.82, 2.24) is 24.5 Å². The number of nitrogens with one attached hydrogen (secondary N) is 1. The van der Waals surface area contributed by atoms with Crippen molar-refractivity contribution in [3.63, 3.8) is 0 Å². The molecular formula is C31H29N7O3. The second-order valence-corrected chi connectivity index (χ2v) is 9.70. The van der Waals surface area contributed by atoms with Gasteiger partial charge in [0.05, 0.1) is 12.1 Å². The lowest BCUT2D eigenvalue weighted by molar-refractivity contribution is 0.0992. The molecule has 4 heterocycles. The SMILES string of the molecule is CCOC(=O)N1CC=C(c2cccn3nc(Nc4ccc(C(=O)N(C)c5ccc6cccnc6c5)cc4)nc23)CC1. The number of pyridine rings is 2. The fraction of sp³-hybridized carbons (Fsp3) is 0.194. The molecule has 5 aromatic rings. The molecule has 0 atom stereocenters. The molecule has 0 bridgehead atoms. The van der Waals surface area contributed by atoms with Crippen LogP contribution in [0.25, 0.3) is 22.1 Å². The van der Waals surface area contributed by atoms with Crippen LogP contribution in [0.15, 0.2) is 85.2 Å². The number of benzene rings is 2. The minimum atomic E-state index is -0.291. The van der Waals surface area contributed by atoms with E-state index in [4.69, 9.17) is 9.72 Å². The standard InChI is InChI=1S/C31H29N7O3/c1-3-41-31(40)37-18-14-21(15-19-37)26-7-5-17-38-28(26)34-30(35-38)33-24-11-8-23(9-12-24)29(39)36(2)25-13-10-22-6-4-16-32-27(22)20-25/h4-14,16-17,20H,3,15,18-19H2,1-2H3,(H,33,35). The first-order valence-corrected chi connectivity index (χ1v) is 13.5. The molecule has 206 valence electrons.